The smallest absolute Gasteiger partial charge is 0.120 e. The van der Waals surface area contributed by atoms with Gasteiger partial charge in [0.2, 0.25) is 0 Å². The van der Waals surface area contributed by atoms with Gasteiger partial charge in [-0.1, -0.05) is 6.07 Å². The van der Waals surface area contributed by atoms with Gasteiger partial charge in [-0.3, -0.25) is 0 Å². The molecule has 3 heteroatoms. The van der Waals surface area contributed by atoms with Crippen molar-refractivity contribution >= 4 is 0 Å². The molecule has 0 heterocycles. The molecule has 1 aromatic carbocycles. The Morgan fingerprint density at radius 1 is 1.35 bits per heavy atom. The fourth-order valence-electron chi connectivity index (χ4n) is 1.92. The maximum Gasteiger partial charge on any atom is 0.120 e. The summed E-state index contributed by atoms with van der Waals surface area (Å²) in [5.41, 5.74) is 7.29. The van der Waals surface area contributed by atoms with Gasteiger partial charge in [0, 0.05) is 6.42 Å². The first-order chi connectivity index (χ1) is 7.82. The van der Waals surface area contributed by atoms with Gasteiger partial charge in [-0.2, -0.15) is 5.26 Å². The van der Waals surface area contributed by atoms with Crippen molar-refractivity contribution in [3.05, 3.63) is 29.3 Å². The molecule has 1 rings (SSSR count). The first-order valence-electron chi connectivity index (χ1n) is 5.77. The van der Waals surface area contributed by atoms with E-state index in [0.717, 1.165) is 5.75 Å². The van der Waals surface area contributed by atoms with Gasteiger partial charge in [0.15, 0.2) is 0 Å². The van der Waals surface area contributed by atoms with Crippen LogP contribution in [-0.2, 0) is 0 Å². The molecule has 0 bridgehead atoms. The lowest BCUT2D eigenvalue weighted by molar-refractivity contribution is 0.191. The van der Waals surface area contributed by atoms with Gasteiger partial charge >= 0.3 is 0 Å². The van der Waals surface area contributed by atoms with E-state index in [1.165, 1.54) is 11.1 Å². The molecule has 2 unspecified atom stereocenters. The third-order valence-corrected chi connectivity index (χ3v) is 2.50. The SMILES string of the molecule is Cc1cc(C)cc(OC(C)CC(C)(N)C#N)c1. The van der Waals surface area contributed by atoms with Crippen molar-refractivity contribution in [2.24, 2.45) is 5.73 Å². The van der Waals surface area contributed by atoms with Gasteiger partial charge in [-0.25, -0.2) is 0 Å². The number of hydrogen-bond acceptors (Lipinski definition) is 3. The van der Waals surface area contributed by atoms with Crippen LogP contribution in [0.1, 0.15) is 31.4 Å². The molecule has 2 N–H and O–H groups in total. The second-order valence-corrected chi connectivity index (χ2v) is 4.99. The zero-order valence-corrected chi connectivity index (χ0v) is 10.9. The van der Waals surface area contributed by atoms with Crippen LogP contribution in [0.4, 0.5) is 0 Å². The van der Waals surface area contributed by atoms with E-state index < -0.39 is 5.54 Å². The van der Waals surface area contributed by atoms with E-state index >= 15 is 0 Å². The maximum absolute atomic E-state index is 8.87. The van der Waals surface area contributed by atoms with Gasteiger partial charge in [0.05, 0.1) is 12.2 Å². The van der Waals surface area contributed by atoms with Crippen LogP contribution < -0.4 is 10.5 Å². The number of hydrogen-bond donors (Lipinski definition) is 1. The lowest BCUT2D eigenvalue weighted by Gasteiger charge is -2.22. The Labute approximate surface area is 103 Å². The highest BCUT2D eigenvalue weighted by Crippen LogP contribution is 2.20. The van der Waals surface area contributed by atoms with Crippen molar-refractivity contribution < 1.29 is 4.74 Å². The van der Waals surface area contributed by atoms with Crippen molar-refractivity contribution in [3.8, 4) is 11.8 Å². The predicted octanol–water partition coefficient (Wildman–Crippen LogP) is 2.70. The Hall–Kier alpha value is -1.53. The lowest BCUT2D eigenvalue weighted by atomic mass is 9.98. The topological polar surface area (TPSA) is 59.0 Å². The molecule has 0 aliphatic heterocycles. The molecule has 0 radical (unpaired) electrons. The van der Waals surface area contributed by atoms with Gasteiger partial charge < -0.3 is 10.5 Å². The minimum atomic E-state index is -0.835. The monoisotopic (exact) mass is 232 g/mol. The molecule has 0 aromatic heterocycles. The van der Waals surface area contributed by atoms with E-state index in [4.69, 9.17) is 15.7 Å². The summed E-state index contributed by atoms with van der Waals surface area (Å²) in [7, 11) is 0. The Balaban J connectivity index is 2.69. The molecular weight excluding hydrogens is 212 g/mol. The van der Waals surface area contributed by atoms with Crippen LogP contribution in [0.3, 0.4) is 0 Å². The summed E-state index contributed by atoms with van der Waals surface area (Å²) in [5, 5.41) is 8.87. The van der Waals surface area contributed by atoms with Gasteiger partial charge in [0.1, 0.15) is 11.3 Å². The zero-order chi connectivity index (χ0) is 13.1. The molecule has 0 spiro atoms. The number of nitriles is 1. The number of nitrogens with zero attached hydrogens (tertiary/aromatic N) is 1. The van der Waals surface area contributed by atoms with Crippen molar-refractivity contribution in [2.75, 3.05) is 0 Å². The van der Waals surface area contributed by atoms with Crippen molar-refractivity contribution in [2.45, 2.75) is 45.8 Å². The number of benzene rings is 1. The van der Waals surface area contributed by atoms with Crippen LogP contribution >= 0.6 is 0 Å². The minimum absolute atomic E-state index is 0.0779. The summed E-state index contributed by atoms with van der Waals surface area (Å²) in [6.45, 7) is 7.72. The molecular formula is C14H20N2O. The summed E-state index contributed by atoms with van der Waals surface area (Å²) < 4.78 is 5.78. The molecule has 3 nitrogen and oxygen atoms in total. The van der Waals surface area contributed by atoms with E-state index in [9.17, 15) is 0 Å². The van der Waals surface area contributed by atoms with Crippen LogP contribution in [0.2, 0.25) is 0 Å². The van der Waals surface area contributed by atoms with Gasteiger partial charge in [0.25, 0.3) is 0 Å². The van der Waals surface area contributed by atoms with Crippen molar-refractivity contribution in [3.63, 3.8) is 0 Å². The maximum atomic E-state index is 8.87. The molecule has 0 fully saturated rings. The molecule has 0 saturated carbocycles. The summed E-state index contributed by atoms with van der Waals surface area (Å²) in [5.74, 6) is 0.837. The van der Waals surface area contributed by atoms with E-state index in [2.05, 4.69) is 12.1 Å². The molecule has 17 heavy (non-hydrogen) atoms. The highest BCUT2D eigenvalue weighted by Gasteiger charge is 2.22. The molecule has 92 valence electrons. The molecule has 0 saturated heterocycles. The van der Waals surface area contributed by atoms with Crippen LogP contribution in [0, 0.1) is 25.2 Å². The number of nitrogens with two attached hydrogens (primary N) is 1. The van der Waals surface area contributed by atoms with Crippen LogP contribution in [0.15, 0.2) is 18.2 Å². The average Bonchev–Trinajstić information content (AvgIpc) is 2.14. The fourth-order valence-corrected chi connectivity index (χ4v) is 1.92. The van der Waals surface area contributed by atoms with Crippen LogP contribution in [0.25, 0.3) is 0 Å². The third kappa shape index (κ3) is 4.46. The Morgan fingerprint density at radius 2 is 1.88 bits per heavy atom. The minimum Gasteiger partial charge on any atom is -0.491 e. The zero-order valence-electron chi connectivity index (χ0n) is 10.9. The quantitative estimate of drug-likeness (QED) is 0.868. The van der Waals surface area contributed by atoms with Crippen molar-refractivity contribution in [1.82, 2.24) is 0 Å². The van der Waals surface area contributed by atoms with Crippen LogP contribution in [-0.4, -0.2) is 11.6 Å². The van der Waals surface area contributed by atoms with Crippen molar-refractivity contribution in [1.29, 1.82) is 5.26 Å². The Kier molecular flexibility index (Phi) is 4.14. The Morgan fingerprint density at radius 3 is 2.35 bits per heavy atom. The predicted molar refractivity (Wildman–Crippen MR) is 68.8 cm³/mol. The van der Waals surface area contributed by atoms with Crippen LogP contribution in [0.5, 0.6) is 5.75 Å². The first-order valence-corrected chi connectivity index (χ1v) is 5.77. The largest absolute Gasteiger partial charge is 0.491 e. The Bertz CT molecular complexity index is 412. The van der Waals surface area contributed by atoms with E-state index in [0.29, 0.717) is 6.42 Å². The standard InChI is InChI=1S/C14H20N2O/c1-10-5-11(2)7-13(6-10)17-12(3)8-14(4,16)9-15/h5-7,12H,8,16H2,1-4H3. The molecule has 1 aromatic rings. The molecule has 2 atom stereocenters. The van der Waals surface area contributed by atoms with Gasteiger partial charge in [-0.05, 0) is 51.0 Å². The average molecular weight is 232 g/mol. The normalized spacial score (nSPS) is 15.8. The second kappa shape index (κ2) is 5.20. The lowest BCUT2D eigenvalue weighted by Crippen LogP contribution is -2.38. The number of aryl methyl sites for hydroxylation is 2. The molecule has 0 aliphatic rings. The molecule has 0 aliphatic carbocycles. The van der Waals surface area contributed by atoms with Gasteiger partial charge in [-0.15, -0.1) is 0 Å². The summed E-state index contributed by atoms with van der Waals surface area (Å²) in [6.07, 6.45) is 0.432. The number of rotatable bonds is 4. The first kappa shape index (κ1) is 13.5. The summed E-state index contributed by atoms with van der Waals surface area (Å²) >= 11 is 0. The highest BCUT2D eigenvalue weighted by atomic mass is 16.5. The van der Waals surface area contributed by atoms with E-state index in [-0.39, 0.29) is 6.10 Å². The van der Waals surface area contributed by atoms with E-state index in [1.54, 1.807) is 6.92 Å². The molecule has 0 amide bonds. The third-order valence-electron chi connectivity index (χ3n) is 2.50. The van der Waals surface area contributed by atoms with E-state index in [1.807, 2.05) is 32.9 Å². The number of ether oxygens (including phenoxy) is 1. The fraction of sp³-hybridized carbons (Fsp3) is 0.500. The summed E-state index contributed by atoms with van der Waals surface area (Å²) in [4.78, 5) is 0. The highest BCUT2D eigenvalue weighted by molar-refractivity contribution is 5.33. The summed E-state index contributed by atoms with van der Waals surface area (Å²) in [6, 6.07) is 8.16. The second-order valence-electron chi connectivity index (χ2n) is 4.99.